The highest BCUT2D eigenvalue weighted by Gasteiger charge is 2.16. The summed E-state index contributed by atoms with van der Waals surface area (Å²) in [6, 6.07) is 3.95. The third kappa shape index (κ3) is 2.14. The highest BCUT2D eigenvalue weighted by molar-refractivity contribution is 14.1. The Balaban J connectivity index is 2.71. The number of ether oxygens (including phenoxy) is 1. The summed E-state index contributed by atoms with van der Waals surface area (Å²) in [4.78, 5) is 16.1. The molecule has 0 aliphatic carbocycles. The van der Waals surface area contributed by atoms with E-state index in [1.807, 2.05) is 19.1 Å². The van der Waals surface area contributed by atoms with Gasteiger partial charge in [0.05, 0.1) is 17.8 Å². The lowest BCUT2D eigenvalue weighted by molar-refractivity contribution is 0.0527. The van der Waals surface area contributed by atoms with Crippen molar-refractivity contribution in [2.24, 2.45) is 0 Å². The summed E-state index contributed by atoms with van der Waals surface area (Å²) < 4.78 is 5.94. The predicted molar refractivity (Wildman–Crippen MR) is 79.6 cm³/mol. The van der Waals surface area contributed by atoms with Crippen LogP contribution in [0.5, 0.6) is 0 Å². The number of pyridine rings is 1. The molecule has 0 saturated carbocycles. The van der Waals surface area contributed by atoms with E-state index >= 15 is 0 Å². The third-order valence-electron chi connectivity index (χ3n) is 2.71. The van der Waals surface area contributed by atoms with Gasteiger partial charge in [0.2, 0.25) is 0 Å². The Labute approximate surface area is 119 Å². The van der Waals surface area contributed by atoms with Crippen molar-refractivity contribution >= 4 is 45.2 Å². The molecule has 18 heavy (non-hydrogen) atoms. The lowest BCUT2D eigenvalue weighted by Gasteiger charge is -2.10. The lowest BCUT2D eigenvalue weighted by Crippen LogP contribution is -2.09. The van der Waals surface area contributed by atoms with Gasteiger partial charge in [-0.2, -0.15) is 0 Å². The molecular formula is C13H13IN2O2. The Morgan fingerprint density at radius 1 is 1.50 bits per heavy atom. The fraction of sp³-hybridized carbons (Fsp3) is 0.231. The Morgan fingerprint density at radius 2 is 2.22 bits per heavy atom. The van der Waals surface area contributed by atoms with Crippen molar-refractivity contribution in [3.63, 3.8) is 0 Å². The van der Waals surface area contributed by atoms with Crippen LogP contribution in [-0.2, 0) is 4.74 Å². The largest absolute Gasteiger partial charge is 0.462 e. The maximum atomic E-state index is 11.8. The summed E-state index contributed by atoms with van der Waals surface area (Å²) in [5.41, 5.74) is 8.70. The second-order valence-corrected chi connectivity index (χ2v) is 5.06. The quantitative estimate of drug-likeness (QED) is 0.664. The van der Waals surface area contributed by atoms with Gasteiger partial charge in [-0.3, -0.25) is 4.98 Å². The molecule has 0 spiro atoms. The van der Waals surface area contributed by atoms with Gasteiger partial charge in [-0.25, -0.2) is 4.79 Å². The fourth-order valence-corrected chi connectivity index (χ4v) is 2.52. The number of hydrogen-bond acceptors (Lipinski definition) is 4. The van der Waals surface area contributed by atoms with Crippen LogP contribution in [0.25, 0.3) is 10.9 Å². The molecule has 0 fully saturated rings. The minimum atomic E-state index is -0.429. The lowest BCUT2D eigenvalue weighted by atomic mass is 10.1. The van der Waals surface area contributed by atoms with Crippen molar-refractivity contribution in [1.29, 1.82) is 0 Å². The van der Waals surface area contributed by atoms with E-state index in [4.69, 9.17) is 10.5 Å². The number of nitrogen functional groups attached to an aromatic ring is 1. The summed E-state index contributed by atoms with van der Waals surface area (Å²) in [5.74, 6) is -0.429. The molecule has 0 amide bonds. The number of aryl methyl sites for hydroxylation is 1. The van der Waals surface area contributed by atoms with Crippen molar-refractivity contribution < 1.29 is 9.53 Å². The highest BCUT2D eigenvalue weighted by atomic mass is 127. The maximum absolute atomic E-state index is 11.8. The molecule has 1 heterocycles. The molecule has 2 rings (SSSR count). The molecule has 4 nitrogen and oxygen atoms in total. The molecule has 94 valence electrons. The molecule has 0 saturated heterocycles. The molecule has 1 aromatic carbocycles. The van der Waals surface area contributed by atoms with Crippen molar-refractivity contribution in [1.82, 2.24) is 4.98 Å². The third-order valence-corrected chi connectivity index (χ3v) is 3.61. The number of aromatic nitrogens is 1. The van der Waals surface area contributed by atoms with Crippen LogP contribution in [0.3, 0.4) is 0 Å². The minimum absolute atomic E-state index is 0.321. The number of rotatable bonds is 2. The first-order valence-corrected chi connectivity index (χ1v) is 6.64. The number of carbonyl (C=O) groups excluding carboxylic acids is 1. The van der Waals surface area contributed by atoms with Crippen LogP contribution in [0.1, 0.15) is 22.8 Å². The van der Waals surface area contributed by atoms with E-state index in [2.05, 4.69) is 27.6 Å². The van der Waals surface area contributed by atoms with Crippen LogP contribution < -0.4 is 5.73 Å². The monoisotopic (exact) mass is 356 g/mol. The van der Waals surface area contributed by atoms with E-state index in [-0.39, 0.29) is 0 Å². The summed E-state index contributed by atoms with van der Waals surface area (Å²) in [7, 11) is 0. The van der Waals surface area contributed by atoms with Gasteiger partial charge in [-0.1, -0.05) is 6.07 Å². The van der Waals surface area contributed by atoms with Gasteiger partial charge in [0.15, 0.2) is 0 Å². The smallest absolute Gasteiger partial charge is 0.341 e. The van der Waals surface area contributed by atoms with Crippen molar-refractivity contribution in [2.45, 2.75) is 13.8 Å². The molecule has 0 aliphatic heterocycles. The number of anilines is 1. The standard InChI is InChI=1S/C13H13IN2O2/c1-3-18-13(17)8-6-16-12-7(2)4-5-9(14)10(12)11(8)15/h4-6H,3H2,1-2H3,(H2,15,16). The highest BCUT2D eigenvalue weighted by Crippen LogP contribution is 2.29. The van der Waals surface area contributed by atoms with Crippen LogP contribution in [-0.4, -0.2) is 17.6 Å². The molecule has 0 unspecified atom stereocenters. The van der Waals surface area contributed by atoms with E-state index < -0.39 is 5.97 Å². The van der Waals surface area contributed by atoms with Crippen LogP contribution in [0.15, 0.2) is 18.3 Å². The first-order valence-electron chi connectivity index (χ1n) is 5.56. The van der Waals surface area contributed by atoms with Gasteiger partial charge < -0.3 is 10.5 Å². The SMILES string of the molecule is CCOC(=O)c1cnc2c(C)ccc(I)c2c1N. The average molecular weight is 356 g/mol. The van der Waals surface area contributed by atoms with Gasteiger partial charge in [-0.05, 0) is 48.1 Å². The number of carbonyl (C=O) groups is 1. The molecule has 5 heteroatoms. The number of halogens is 1. The van der Waals surface area contributed by atoms with Crippen molar-refractivity contribution in [3.8, 4) is 0 Å². The van der Waals surface area contributed by atoms with Crippen molar-refractivity contribution in [2.75, 3.05) is 12.3 Å². The van der Waals surface area contributed by atoms with E-state index in [9.17, 15) is 4.79 Å². The zero-order chi connectivity index (χ0) is 13.3. The molecule has 0 atom stereocenters. The summed E-state index contributed by atoms with van der Waals surface area (Å²) in [6.07, 6.45) is 1.48. The van der Waals surface area contributed by atoms with Crippen LogP contribution in [0.4, 0.5) is 5.69 Å². The number of hydrogen-bond donors (Lipinski definition) is 1. The number of benzene rings is 1. The second-order valence-electron chi connectivity index (χ2n) is 3.89. The summed E-state index contributed by atoms with van der Waals surface area (Å²) >= 11 is 2.19. The molecule has 0 bridgehead atoms. The molecule has 1 aromatic heterocycles. The predicted octanol–water partition coefficient (Wildman–Crippen LogP) is 2.91. The van der Waals surface area contributed by atoms with Gasteiger partial charge in [0.1, 0.15) is 5.56 Å². The van der Waals surface area contributed by atoms with Crippen LogP contribution >= 0.6 is 22.6 Å². The zero-order valence-corrected chi connectivity index (χ0v) is 12.3. The van der Waals surface area contributed by atoms with Crippen molar-refractivity contribution in [3.05, 3.63) is 33.0 Å². The van der Waals surface area contributed by atoms with E-state index in [1.165, 1.54) is 6.20 Å². The van der Waals surface area contributed by atoms with Gasteiger partial charge in [-0.15, -0.1) is 0 Å². The van der Waals surface area contributed by atoms with E-state index in [0.29, 0.717) is 17.9 Å². The molecule has 0 aliphatic rings. The van der Waals surface area contributed by atoms with Gasteiger partial charge in [0.25, 0.3) is 0 Å². The number of esters is 1. The molecule has 0 radical (unpaired) electrons. The molecule has 2 aromatic rings. The van der Waals surface area contributed by atoms with Gasteiger partial charge >= 0.3 is 5.97 Å². The Hall–Kier alpha value is -1.37. The van der Waals surface area contributed by atoms with Crippen LogP contribution in [0, 0.1) is 10.5 Å². The minimum Gasteiger partial charge on any atom is -0.462 e. The van der Waals surface area contributed by atoms with E-state index in [0.717, 1.165) is 20.0 Å². The number of nitrogens with zero attached hydrogens (tertiary/aromatic N) is 1. The average Bonchev–Trinajstić information content (AvgIpc) is 2.34. The topological polar surface area (TPSA) is 65.2 Å². The summed E-state index contributed by atoms with van der Waals surface area (Å²) in [6.45, 7) is 4.05. The normalized spacial score (nSPS) is 10.6. The Kier molecular flexibility index (Phi) is 3.70. The summed E-state index contributed by atoms with van der Waals surface area (Å²) in [5, 5.41) is 0.821. The van der Waals surface area contributed by atoms with Gasteiger partial charge in [0, 0.05) is 15.2 Å². The molecule has 2 N–H and O–H groups in total. The first-order chi connectivity index (χ1) is 8.56. The number of fused-ring (bicyclic) bond motifs is 1. The Bertz CT molecular complexity index is 626. The zero-order valence-electron chi connectivity index (χ0n) is 10.2. The fourth-order valence-electron chi connectivity index (χ4n) is 1.80. The second kappa shape index (κ2) is 5.09. The van der Waals surface area contributed by atoms with E-state index in [1.54, 1.807) is 6.92 Å². The first kappa shape index (κ1) is 13.1. The molecular weight excluding hydrogens is 343 g/mol. The van der Waals surface area contributed by atoms with Crippen LogP contribution in [0.2, 0.25) is 0 Å². The maximum Gasteiger partial charge on any atom is 0.341 e. The Morgan fingerprint density at radius 3 is 2.89 bits per heavy atom. The number of nitrogens with two attached hydrogens (primary N) is 1.